The van der Waals surface area contributed by atoms with Crippen molar-refractivity contribution < 1.29 is 0 Å². The lowest BCUT2D eigenvalue weighted by Gasteiger charge is -2.02. The molecule has 0 amide bonds. The van der Waals surface area contributed by atoms with Gasteiger partial charge in [0.05, 0.1) is 10.2 Å². The first-order valence-electron chi connectivity index (χ1n) is 6.25. The Hall–Kier alpha value is -1.29. The molecule has 0 aliphatic rings. The molecular weight excluding hydrogens is 311 g/mol. The van der Waals surface area contributed by atoms with Crippen LogP contribution in [0.2, 0.25) is 10.0 Å². The molecule has 0 bridgehead atoms. The lowest BCUT2D eigenvalue weighted by molar-refractivity contribution is 1.02. The summed E-state index contributed by atoms with van der Waals surface area (Å²) < 4.78 is 1.10. The van der Waals surface area contributed by atoms with E-state index in [0.717, 1.165) is 38.4 Å². The predicted octanol–water partition coefficient (Wildman–Crippen LogP) is 5.26. The second-order valence-corrected chi connectivity index (χ2v) is 6.34. The van der Waals surface area contributed by atoms with Crippen LogP contribution in [-0.4, -0.2) is 11.5 Å². The zero-order valence-corrected chi connectivity index (χ0v) is 12.9. The minimum Gasteiger partial charge on any atom is -0.361 e. The number of hydrogen-bond acceptors (Lipinski definition) is 3. The van der Waals surface area contributed by atoms with Crippen molar-refractivity contribution in [2.24, 2.45) is 0 Å². The van der Waals surface area contributed by atoms with Crippen molar-refractivity contribution in [2.75, 3.05) is 11.9 Å². The van der Waals surface area contributed by atoms with Gasteiger partial charge in [-0.3, -0.25) is 0 Å². The van der Waals surface area contributed by atoms with Crippen LogP contribution in [0.4, 0.5) is 5.13 Å². The van der Waals surface area contributed by atoms with Crippen molar-refractivity contribution in [3.8, 4) is 0 Å². The van der Waals surface area contributed by atoms with E-state index in [2.05, 4.69) is 10.3 Å². The molecule has 1 N–H and O–H groups in total. The van der Waals surface area contributed by atoms with E-state index >= 15 is 0 Å². The van der Waals surface area contributed by atoms with Crippen molar-refractivity contribution in [1.29, 1.82) is 0 Å². The Balaban J connectivity index is 1.63. The first kappa shape index (κ1) is 13.7. The predicted molar refractivity (Wildman–Crippen MR) is 88.3 cm³/mol. The van der Waals surface area contributed by atoms with Crippen molar-refractivity contribution in [1.82, 2.24) is 4.98 Å². The van der Waals surface area contributed by atoms with E-state index in [1.165, 1.54) is 5.56 Å². The molecule has 0 fully saturated rings. The highest BCUT2D eigenvalue weighted by molar-refractivity contribution is 7.22. The normalized spacial score (nSPS) is 10.9. The van der Waals surface area contributed by atoms with Crippen LogP contribution in [0, 0.1) is 0 Å². The lowest BCUT2D eigenvalue weighted by Crippen LogP contribution is -2.04. The number of nitrogens with zero attached hydrogens (tertiary/aromatic N) is 1. The quantitative estimate of drug-likeness (QED) is 0.708. The van der Waals surface area contributed by atoms with Gasteiger partial charge < -0.3 is 5.32 Å². The van der Waals surface area contributed by atoms with Gasteiger partial charge in [0.15, 0.2) is 5.13 Å². The maximum absolute atomic E-state index is 5.97. The number of thiazole rings is 1. The third-order valence-corrected chi connectivity index (χ3v) is 4.42. The van der Waals surface area contributed by atoms with E-state index in [1.807, 2.05) is 42.5 Å². The fourth-order valence-corrected chi connectivity index (χ4v) is 3.23. The van der Waals surface area contributed by atoms with Gasteiger partial charge >= 0.3 is 0 Å². The summed E-state index contributed by atoms with van der Waals surface area (Å²) in [6.45, 7) is 0.842. The van der Waals surface area contributed by atoms with Gasteiger partial charge in [0.1, 0.15) is 0 Å². The summed E-state index contributed by atoms with van der Waals surface area (Å²) >= 11 is 13.5. The minimum atomic E-state index is 0.744. The first-order valence-corrected chi connectivity index (χ1v) is 7.82. The molecule has 0 unspecified atom stereocenters. The smallest absolute Gasteiger partial charge is 0.183 e. The molecule has 102 valence electrons. The van der Waals surface area contributed by atoms with E-state index in [-0.39, 0.29) is 0 Å². The summed E-state index contributed by atoms with van der Waals surface area (Å²) in [5, 5.41) is 5.79. The summed E-state index contributed by atoms with van der Waals surface area (Å²) in [5.74, 6) is 0. The highest BCUT2D eigenvalue weighted by Crippen LogP contribution is 2.28. The van der Waals surface area contributed by atoms with Crippen LogP contribution in [0.25, 0.3) is 10.2 Å². The van der Waals surface area contributed by atoms with Crippen molar-refractivity contribution in [3.05, 3.63) is 58.1 Å². The molecule has 0 saturated carbocycles. The van der Waals surface area contributed by atoms with Gasteiger partial charge in [-0.05, 0) is 42.3 Å². The van der Waals surface area contributed by atoms with Crippen molar-refractivity contribution in [3.63, 3.8) is 0 Å². The number of anilines is 1. The number of nitrogens with one attached hydrogen (secondary N) is 1. The van der Waals surface area contributed by atoms with E-state index in [0.29, 0.717) is 0 Å². The van der Waals surface area contributed by atoms with E-state index in [1.54, 1.807) is 11.3 Å². The molecule has 0 atom stereocenters. The van der Waals surface area contributed by atoms with Crippen LogP contribution in [-0.2, 0) is 6.42 Å². The summed E-state index contributed by atoms with van der Waals surface area (Å²) in [7, 11) is 0. The largest absolute Gasteiger partial charge is 0.361 e. The average Bonchev–Trinajstić information content (AvgIpc) is 2.83. The van der Waals surface area contributed by atoms with Gasteiger partial charge in [-0.1, -0.05) is 46.7 Å². The molecule has 0 aliphatic carbocycles. The number of aromatic nitrogens is 1. The summed E-state index contributed by atoms with van der Waals surface area (Å²) in [5.41, 5.74) is 2.24. The van der Waals surface area contributed by atoms with Crippen LogP contribution in [0.5, 0.6) is 0 Å². The number of hydrogen-bond donors (Lipinski definition) is 1. The lowest BCUT2D eigenvalue weighted by atomic mass is 10.1. The molecule has 0 aliphatic heterocycles. The molecule has 5 heteroatoms. The Morgan fingerprint density at radius 2 is 1.75 bits per heavy atom. The van der Waals surface area contributed by atoms with E-state index < -0.39 is 0 Å². The molecule has 0 radical (unpaired) electrons. The van der Waals surface area contributed by atoms with Gasteiger partial charge in [0, 0.05) is 16.6 Å². The topological polar surface area (TPSA) is 24.9 Å². The third-order valence-electron chi connectivity index (χ3n) is 2.95. The Labute approximate surface area is 131 Å². The molecule has 3 rings (SSSR count). The van der Waals surface area contributed by atoms with Crippen LogP contribution in [0.1, 0.15) is 5.56 Å². The first-order chi connectivity index (χ1) is 9.70. The monoisotopic (exact) mass is 322 g/mol. The summed E-state index contributed by atoms with van der Waals surface area (Å²) in [6, 6.07) is 13.7. The average molecular weight is 323 g/mol. The maximum atomic E-state index is 5.97. The summed E-state index contributed by atoms with van der Waals surface area (Å²) in [4.78, 5) is 4.53. The molecule has 1 heterocycles. The van der Waals surface area contributed by atoms with Gasteiger partial charge in [0.2, 0.25) is 0 Å². The molecular formula is C15H12Cl2N2S. The van der Waals surface area contributed by atoms with Crippen molar-refractivity contribution in [2.45, 2.75) is 6.42 Å². The SMILES string of the molecule is Clc1ccc(CCNc2nc3ccc(Cl)cc3s2)cc1. The Morgan fingerprint density at radius 3 is 2.55 bits per heavy atom. The fourth-order valence-electron chi connectivity index (χ4n) is 1.94. The Bertz CT molecular complexity index is 722. The molecule has 0 spiro atoms. The van der Waals surface area contributed by atoms with Crippen LogP contribution in [0.3, 0.4) is 0 Å². The van der Waals surface area contributed by atoms with Crippen molar-refractivity contribution >= 4 is 49.9 Å². The van der Waals surface area contributed by atoms with E-state index in [4.69, 9.17) is 23.2 Å². The Morgan fingerprint density at radius 1 is 1.00 bits per heavy atom. The molecule has 20 heavy (non-hydrogen) atoms. The highest BCUT2D eigenvalue weighted by atomic mass is 35.5. The summed E-state index contributed by atoms with van der Waals surface area (Å²) in [6.07, 6.45) is 0.938. The Kier molecular flexibility index (Phi) is 4.10. The van der Waals surface area contributed by atoms with Gasteiger partial charge in [-0.25, -0.2) is 4.98 Å². The standard InChI is InChI=1S/C15H12Cl2N2S/c16-11-3-1-10(2-4-11)7-8-18-15-19-13-6-5-12(17)9-14(13)20-15/h1-6,9H,7-8H2,(H,18,19). The van der Waals surface area contributed by atoms with E-state index in [9.17, 15) is 0 Å². The highest BCUT2D eigenvalue weighted by Gasteiger charge is 2.03. The maximum Gasteiger partial charge on any atom is 0.183 e. The van der Waals surface area contributed by atoms with Crippen LogP contribution >= 0.6 is 34.5 Å². The zero-order valence-electron chi connectivity index (χ0n) is 10.6. The second kappa shape index (κ2) is 6.00. The molecule has 2 nitrogen and oxygen atoms in total. The number of fused-ring (bicyclic) bond motifs is 1. The molecule has 0 saturated heterocycles. The van der Waals surface area contributed by atoms with Gasteiger partial charge in [-0.2, -0.15) is 0 Å². The number of rotatable bonds is 4. The molecule has 2 aromatic carbocycles. The second-order valence-electron chi connectivity index (χ2n) is 4.43. The third kappa shape index (κ3) is 3.23. The minimum absolute atomic E-state index is 0.744. The number of benzene rings is 2. The van der Waals surface area contributed by atoms with Gasteiger partial charge in [-0.15, -0.1) is 0 Å². The van der Waals surface area contributed by atoms with Gasteiger partial charge in [0.25, 0.3) is 0 Å². The number of halogens is 2. The molecule has 1 aromatic heterocycles. The zero-order chi connectivity index (χ0) is 13.9. The molecule has 3 aromatic rings. The fraction of sp³-hybridized carbons (Fsp3) is 0.133. The van der Waals surface area contributed by atoms with Crippen LogP contribution in [0.15, 0.2) is 42.5 Å². The van der Waals surface area contributed by atoms with Crippen LogP contribution < -0.4 is 5.32 Å².